The number of carbonyl (C=O) groups excluding carboxylic acids is 1. The van der Waals surface area contributed by atoms with Crippen molar-refractivity contribution in [1.29, 1.82) is 0 Å². The predicted molar refractivity (Wildman–Crippen MR) is 86.7 cm³/mol. The first-order chi connectivity index (χ1) is 9.89. The van der Waals surface area contributed by atoms with Crippen LogP contribution in [0.2, 0.25) is 0 Å². The summed E-state index contributed by atoms with van der Waals surface area (Å²) in [5.41, 5.74) is 3.40. The van der Waals surface area contributed by atoms with Gasteiger partial charge in [-0.25, -0.2) is 0 Å². The Bertz CT molecular complexity index is 502. The molecule has 1 N–H and O–H groups in total. The van der Waals surface area contributed by atoms with Crippen molar-refractivity contribution in [2.24, 2.45) is 0 Å². The molecule has 0 saturated carbocycles. The van der Waals surface area contributed by atoms with Gasteiger partial charge in [-0.1, -0.05) is 25.5 Å². The molecule has 1 aliphatic rings. The minimum Gasteiger partial charge on any atom is -0.460 e. The predicted octanol–water partition coefficient (Wildman–Crippen LogP) is 4.27. The number of fused-ring (bicyclic) bond motifs is 1. The monoisotopic (exact) mass is 289 g/mol. The van der Waals surface area contributed by atoms with Crippen molar-refractivity contribution < 1.29 is 9.53 Å². The molecule has 0 aliphatic carbocycles. The molecule has 116 valence electrons. The number of anilines is 1. The third kappa shape index (κ3) is 4.48. The topological polar surface area (TPSA) is 38.3 Å². The molecule has 0 fully saturated rings. The Labute approximate surface area is 128 Å². The highest BCUT2D eigenvalue weighted by Gasteiger charge is 2.25. The molecule has 0 amide bonds. The maximum Gasteiger partial charge on any atom is 0.306 e. The second-order valence-electron chi connectivity index (χ2n) is 6.87. The van der Waals surface area contributed by atoms with Crippen LogP contribution < -0.4 is 5.32 Å². The highest BCUT2D eigenvalue weighted by atomic mass is 16.6. The molecule has 1 aromatic rings. The van der Waals surface area contributed by atoms with E-state index in [9.17, 15) is 4.79 Å². The first kappa shape index (κ1) is 15.9. The van der Waals surface area contributed by atoms with Crippen LogP contribution in [0, 0.1) is 0 Å². The van der Waals surface area contributed by atoms with Crippen molar-refractivity contribution in [2.75, 3.05) is 11.9 Å². The molecule has 0 bridgehead atoms. The van der Waals surface area contributed by atoms with Gasteiger partial charge in [-0.05, 0) is 56.7 Å². The van der Waals surface area contributed by atoms with Gasteiger partial charge in [0.25, 0.3) is 0 Å². The molecule has 0 aromatic heterocycles. The normalized spacial score (nSPS) is 17.8. The number of benzene rings is 1. The highest BCUT2D eigenvalue weighted by Crippen LogP contribution is 2.35. The minimum atomic E-state index is -0.406. The van der Waals surface area contributed by atoms with Gasteiger partial charge < -0.3 is 10.1 Å². The first-order valence-corrected chi connectivity index (χ1v) is 7.97. The number of rotatable bonds is 4. The van der Waals surface area contributed by atoms with E-state index in [0.29, 0.717) is 6.42 Å². The summed E-state index contributed by atoms with van der Waals surface area (Å²) in [6.45, 7) is 8.87. The van der Waals surface area contributed by atoms with Crippen LogP contribution in [0.3, 0.4) is 0 Å². The lowest BCUT2D eigenvalue weighted by molar-refractivity contribution is -0.155. The molecule has 3 heteroatoms. The van der Waals surface area contributed by atoms with Crippen LogP contribution in [0.5, 0.6) is 0 Å². The number of nitrogens with one attached hydrogen (secondary N) is 1. The van der Waals surface area contributed by atoms with Gasteiger partial charge in [0.1, 0.15) is 5.60 Å². The van der Waals surface area contributed by atoms with Crippen molar-refractivity contribution >= 4 is 11.7 Å². The van der Waals surface area contributed by atoms with Crippen molar-refractivity contribution in [2.45, 2.75) is 64.9 Å². The number of aryl methyl sites for hydroxylation is 1. The Morgan fingerprint density at radius 3 is 2.81 bits per heavy atom. The average molecular weight is 289 g/mol. The molecule has 1 atom stereocenters. The average Bonchev–Trinajstić information content (AvgIpc) is 2.37. The fourth-order valence-corrected chi connectivity index (χ4v) is 2.89. The van der Waals surface area contributed by atoms with Gasteiger partial charge in [0.15, 0.2) is 0 Å². The van der Waals surface area contributed by atoms with Gasteiger partial charge in [-0.2, -0.15) is 0 Å². The molecule has 3 nitrogen and oxygen atoms in total. The number of ether oxygens (including phenoxy) is 1. The van der Waals surface area contributed by atoms with Crippen LogP contribution in [0.1, 0.15) is 64.0 Å². The van der Waals surface area contributed by atoms with E-state index in [1.54, 1.807) is 0 Å². The summed E-state index contributed by atoms with van der Waals surface area (Å²) in [5.74, 6) is 0.175. The largest absolute Gasteiger partial charge is 0.460 e. The smallest absolute Gasteiger partial charge is 0.306 e. The van der Waals surface area contributed by atoms with Gasteiger partial charge >= 0.3 is 5.97 Å². The second-order valence-corrected chi connectivity index (χ2v) is 6.87. The summed E-state index contributed by atoms with van der Waals surface area (Å²) in [4.78, 5) is 12.1. The van der Waals surface area contributed by atoms with Crippen molar-refractivity contribution in [1.82, 2.24) is 0 Å². The summed E-state index contributed by atoms with van der Waals surface area (Å²) in [6, 6.07) is 6.60. The number of hydrogen-bond acceptors (Lipinski definition) is 3. The second kappa shape index (κ2) is 6.50. The molecule has 0 radical (unpaired) electrons. The molecule has 2 rings (SSSR count). The molecule has 1 aromatic carbocycles. The number of carbonyl (C=O) groups is 1. The zero-order chi connectivity index (χ0) is 15.5. The van der Waals surface area contributed by atoms with E-state index in [0.717, 1.165) is 25.8 Å². The summed E-state index contributed by atoms with van der Waals surface area (Å²) in [7, 11) is 0. The lowest BCUT2D eigenvalue weighted by Gasteiger charge is -2.28. The van der Waals surface area contributed by atoms with Gasteiger partial charge in [0.05, 0.1) is 6.42 Å². The van der Waals surface area contributed by atoms with Gasteiger partial charge in [-0.3, -0.25) is 4.79 Å². The molecule has 21 heavy (non-hydrogen) atoms. The molecule has 1 unspecified atom stereocenters. The standard InChI is InChI=1S/C18H27NO2/c1-5-6-13-7-8-16-15(11-13)14(9-10-19-16)12-17(20)21-18(2,3)4/h7-8,11,14,19H,5-6,9-10,12H2,1-4H3. The lowest BCUT2D eigenvalue weighted by Crippen LogP contribution is -2.26. The fourth-order valence-electron chi connectivity index (χ4n) is 2.89. The third-order valence-electron chi connectivity index (χ3n) is 3.74. The van der Waals surface area contributed by atoms with E-state index in [-0.39, 0.29) is 11.9 Å². The van der Waals surface area contributed by atoms with Gasteiger partial charge in [0.2, 0.25) is 0 Å². The molecule has 1 aliphatic heterocycles. The van der Waals surface area contributed by atoms with E-state index in [4.69, 9.17) is 4.74 Å². The van der Waals surface area contributed by atoms with Gasteiger partial charge in [0, 0.05) is 12.2 Å². The molecular formula is C18H27NO2. The molecule has 0 saturated heterocycles. The van der Waals surface area contributed by atoms with E-state index in [2.05, 4.69) is 30.4 Å². The van der Waals surface area contributed by atoms with Crippen LogP contribution in [-0.2, 0) is 16.0 Å². The Hall–Kier alpha value is -1.51. The summed E-state index contributed by atoms with van der Waals surface area (Å²) in [5, 5.41) is 3.43. The maximum atomic E-state index is 12.1. The quantitative estimate of drug-likeness (QED) is 0.841. The molecule has 0 spiro atoms. The number of hydrogen-bond donors (Lipinski definition) is 1. The Morgan fingerprint density at radius 2 is 2.14 bits per heavy atom. The highest BCUT2D eigenvalue weighted by molar-refractivity contribution is 5.72. The van der Waals surface area contributed by atoms with Crippen molar-refractivity contribution in [3.8, 4) is 0 Å². The lowest BCUT2D eigenvalue weighted by atomic mass is 9.87. The maximum absolute atomic E-state index is 12.1. The van der Waals surface area contributed by atoms with Gasteiger partial charge in [-0.15, -0.1) is 0 Å². The van der Waals surface area contributed by atoms with E-state index in [1.165, 1.54) is 16.8 Å². The number of esters is 1. The third-order valence-corrected chi connectivity index (χ3v) is 3.74. The first-order valence-electron chi connectivity index (χ1n) is 7.97. The summed E-state index contributed by atoms with van der Waals surface area (Å²) >= 11 is 0. The Morgan fingerprint density at radius 1 is 1.38 bits per heavy atom. The van der Waals surface area contributed by atoms with E-state index < -0.39 is 5.60 Å². The zero-order valence-corrected chi connectivity index (χ0v) is 13.7. The summed E-state index contributed by atoms with van der Waals surface area (Å²) < 4.78 is 5.47. The summed E-state index contributed by atoms with van der Waals surface area (Å²) in [6.07, 6.45) is 3.69. The SMILES string of the molecule is CCCc1ccc2c(c1)C(CC(=O)OC(C)(C)C)CCN2. The zero-order valence-electron chi connectivity index (χ0n) is 13.7. The van der Waals surface area contributed by atoms with Crippen LogP contribution in [0.15, 0.2) is 18.2 Å². The molecular weight excluding hydrogens is 262 g/mol. The van der Waals surface area contributed by atoms with Crippen molar-refractivity contribution in [3.63, 3.8) is 0 Å². The van der Waals surface area contributed by atoms with Crippen LogP contribution >= 0.6 is 0 Å². The van der Waals surface area contributed by atoms with Crippen molar-refractivity contribution in [3.05, 3.63) is 29.3 Å². The van der Waals surface area contributed by atoms with Crippen LogP contribution in [0.25, 0.3) is 0 Å². The van der Waals surface area contributed by atoms with E-state index in [1.807, 2.05) is 20.8 Å². The van der Waals surface area contributed by atoms with Crippen LogP contribution in [0.4, 0.5) is 5.69 Å². The Balaban J connectivity index is 2.13. The minimum absolute atomic E-state index is 0.0961. The Kier molecular flexibility index (Phi) is 4.92. The van der Waals surface area contributed by atoms with E-state index >= 15 is 0 Å². The fraction of sp³-hybridized carbons (Fsp3) is 0.611. The molecule has 1 heterocycles. The van der Waals surface area contributed by atoms with Crippen LogP contribution in [-0.4, -0.2) is 18.1 Å².